The number of piperazine rings is 1. The predicted octanol–water partition coefficient (Wildman–Crippen LogP) is 5.50. The van der Waals surface area contributed by atoms with Gasteiger partial charge in [0, 0.05) is 38.3 Å². The Morgan fingerprint density at radius 3 is 2.48 bits per heavy atom. The molecule has 2 aliphatic rings. The summed E-state index contributed by atoms with van der Waals surface area (Å²) >= 11 is 3.50. The number of methoxy groups -OCH3 is 1. The zero-order valence-corrected chi connectivity index (χ0v) is 23.8. The number of nitriles is 1. The Hall–Kier alpha value is -3.74. The fourth-order valence-electron chi connectivity index (χ4n) is 5.76. The minimum atomic E-state index is -0.279. The summed E-state index contributed by atoms with van der Waals surface area (Å²) in [4.78, 5) is 22.8. The second-order valence-electron chi connectivity index (χ2n) is 10.4. The lowest BCUT2D eigenvalue weighted by Gasteiger charge is -2.41. The molecule has 1 saturated carbocycles. The first-order valence-corrected chi connectivity index (χ1v) is 14.3. The first-order valence-electron chi connectivity index (χ1n) is 13.5. The number of benzene rings is 2. The van der Waals surface area contributed by atoms with E-state index in [2.05, 4.69) is 31.8 Å². The molecule has 204 valence electrons. The van der Waals surface area contributed by atoms with Crippen LogP contribution in [0.3, 0.4) is 0 Å². The fraction of sp³-hybridized carbons (Fsp3) is 0.323. The number of nitrogens with zero attached hydrogens (tertiary/aromatic N) is 5. The summed E-state index contributed by atoms with van der Waals surface area (Å²) in [5.74, 6) is 0.965. The Morgan fingerprint density at radius 1 is 1.07 bits per heavy atom. The normalized spacial score (nSPS) is 16.6. The van der Waals surface area contributed by atoms with Crippen molar-refractivity contribution in [3.8, 4) is 11.8 Å². The molecule has 40 heavy (non-hydrogen) atoms. The van der Waals surface area contributed by atoms with Crippen molar-refractivity contribution in [3.05, 3.63) is 98.1 Å². The van der Waals surface area contributed by atoms with Gasteiger partial charge in [0.1, 0.15) is 33.3 Å². The summed E-state index contributed by atoms with van der Waals surface area (Å²) in [5, 5.41) is 10.2. The predicted molar refractivity (Wildman–Crippen MR) is 156 cm³/mol. The van der Waals surface area contributed by atoms with E-state index >= 15 is 0 Å². The highest BCUT2D eigenvalue weighted by molar-refractivity contribution is 9.10. The minimum Gasteiger partial charge on any atom is -0.496 e. The van der Waals surface area contributed by atoms with E-state index < -0.39 is 0 Å². The number of anilines is 1. The fourth-order valence-corrected chi connectivity index (χ4v) is 6.07. The number of pyridine rings is 2. The molecule has 0 N–H and O–H groups in total. The van der Waals surface area contributed by atoms with E-state index in [4.69, 9.17) is 9.72 Å². The van der Waals surface area contributed by atoms with Crippen molar-refractivity contribution in [3.63, 3.8) is 0 Å². The number of halogens is 2. The molecule has 0 spiro atoms. The molecule has 0 radical (unpaired) electrons. The quantitative estimate of drug-likeness (QED) is 0.260. The summed E-state index contributed by atoms with van der Waals surface area (Å²) in [6, 6.07) is 20.3. The number of para-hydroxylation sites is 1. The van der Waals surface area contributed by atoms with Crippen molar-refractivity contribution in [2.24, 2.45) is 5.92 Å². The molecular weight excluding hydrogens is 573 g/mol. The largest absolute Gasteiger partial charge is 0.496 e. The summed E-state index contributed by atoms with van der Waals surface area (Å²) in [7, 11) is 1.66. The van der Waals surface area contributed by atoms with E-state index in [0.717, 1.165) is 35.2 Å². The first-order chi connectivity index (χ1) is 19.5. The number of hydrogen-bond donors (Lipinski definition) is 0. The van der Waals surface area contributed by atoms with Gasteiger partial charge in [0.05, 0.1) is 24.4 Å². The maximum Gasteiger partial charge on any atom is 0.271 e. The van der Waals surface area contributed by atoms with Gasteiger partial charge in [-0.2, -0.15) is 5.26 Å². The van der Waals surface area contributed by atoms with Gasteiger partial charge in [0.25, 0.3) is 5.56 Å². The average Bonchev–Trinajstić information content (AvgIpc) is 3.80. The number of hydrogen-bond acceptors (Lipinski definition) is 6. The number of ether oxygens (including phenoxy) is 1. The van der Waals surface area contributed by atoms with E-state index in [1.165, 1.54) is 12.1 Å². The van der Waals surface area contributed by atoms with Gasteiger partial charge in [-0.3, -0.25) is 9.69 Å². The van der Waals surface area contributed by atoms with Gasteiger partial charge < -0.3 is 14.2 Å². The van der Waals surface area contributed by atoms with Crippen molar-refractivity contribution in [2.75, 3.05) is 38.2 Å². The van der Waals surface area contributed by atoms with Gasteiger partial charge in [0.2, 0.25) is 0 Å². The molecule has 2 aromatic carbocycles. The molecule has 1 saturated heterocycles. The van der Waals surface area contributed by atoms with E-state index in [1.54, 1.807) is 11.7 Å². The van der Waals surface area contributed by atoms with Crippen molar-refractivity contribution in [1.29, 1.82) is 5.26 Å². The molecule has 1 aliphatic carbocycles. The van der Waals surface area contributed by atoms with E-state index in [-0.39, 0.29) is 23.0 Å². The van der Waals surface area contributed by atoms with Crippen LogP contribution in [0.4, 0.5) is 10.1 Å². The second kappa shape index (κ2) is 11.0. The number of rotatable bonds is 7. The van der Waals surface area contributed by atoms with Gasteiger partial charge in [-0.1, -0.05) is 30.3 Å². The third kappa shape index (κ3) is 4.98. The zero-order valence-electron chi connectivity index (χ0n) is 22.2. The molecule has 1 aliphatic heterocycles. The van der Waals surface area contributed by atoms with E-state index in [1.807, 2.05) is 48.5 Å². The molecule has 9 heteroatoms. The lowest BCUT2D eigenvalue weighted by atomic mass is 9.95. The molecule has 2 aromatic heterocycles. The Morgan fingerprint density at radius 2 is 1.80 bits per heavy atom. The van der Waals surface area contributed by atoms with Crippen LogP contribution in [0.15, 0.2) is 70.1 Å². The molecule has 4 aromatic rings. The van der Waals surface area contributed by atoms with E-state index in [0.29, 0.717) is 54.4 Å². The van der Waals surface area contributed by atoms with Crippen LogP contribution in [0.5, 0.6) is 5.75 Å². The van der Waals surface area contributed by atoms with Crippen LogP contribution in [-0.4, -0.2) is 47.7 Å². The Kier molecular flexibility index (Phi) is 7.30. The highest BCUT2D eigenvalue weighted by Gasteiger charge is 2.32. The van der Waals surface area contributed by atoms with Crippen LogP contribution in [0.25, 0.3) is 11.0 Å². The zero-order chi connectivity index (χ0) is 27.8. The van der Waals surface area contributed by atoms with Crippen LogP contribution >= 0.6 is 15.9 Å². The van der Waals surface area contributed by atoms with Crippen molar-refractivity contribution < 1.29 is 9.13 Å². The van der Waals surface area contributed by atoms with Gasteiger partial charge in [-0.15, -0.1) is 0 Å². The summed E-state index contributed by atoms with van der Waals surface area (Å²) < 4.78 is 21.9. The van der Waals surface area contributed by atoms with Gasteiger partial charge in [-0.25, -0.2) is 9.37 Å². The number of aromatic nitrogens is 2. The monoisotopic (exact) mass is 601 g/mol. The van der Waals surface area contributed by atoms with Crippen molar-refractivity contribution in [2.45, 2.75) is 25.4 Å². The topological polar surface area (TPSA) is 74.4 Å². The molecule has 6 rings (SSSR count). The van der Waals surface area contributed by atoms with Crippen molar-refractivity contribution in [1.82, 2.24) is 14.5 Å². The Labute approximate surface area is 240 Å². The molecule has 1 atom stereocenters. The van der Waals surface area contributed by atoms with Crippen LogP contribution in [0.2, 0.25) is 0 Å². The lowest BCUT2D eigenvalue weighted by molar-refractivity contribution is 0.209. The summed E-state index contributed by atoms with van der Waals surface area (Å²) in [6.07, 6.45) is 2.20. The standard InChI is InChI=1S/C31H29BrFN5O2/c1-40-26-5-3-2-4-23(26)29(21-8-10-22(33)11-9-21)36-14-16-37(17-15-36)30-24(18-34)31(39)38(19-20-6-7-20)25-12-13-27(32)35-28(25)30/h2-5,8-13,20,29H,6-7,14-17,19H2,1H3/t29-/m1/s1. The lowest BCUT2D eigenvalue weighted by Crippen LogP contribution is -2.48. The first kappa shape index (κ1) is 26.5. The highest BCUT2D eigenvalue weighted by atomic mass is 79.9. The van der Waals surface area contributed by atoms with Gasteiger partial charge in [-0.05, 0) is 70.6 Å². The average molecular weight is 603 g/mol. The summed E-state index contributed by atoms with van der Waals surface area (Å²) in [6.45, 7) is 3.12. The maximum absolute atomic E-state index is 13.8. The molecule has 0 unspecified atom stereocenters. The van der Waals surface area contributed by atoms with Gasteiger partial charge in [0.15, 0.2) is 0 Å². The van der Waals surface area contributed by atoms with Crippen LogP contribution in [-0.2, 0) is 6.54 Å². The molecule has 3 heterocycles. The van der Waals surface area contributed by atoms with Crippen LogP contribution in [0, 0.1) is 23.1 Å². The van der Waals surface area contributed by atoms with E-state index in [9.17, 15) is 14.4 Å². The molecule has 2 fully saturated rings. The Balaban J connectivity index is 1.37. The van der Waals surface area contributed by atoms with Crippen LogP contribution in [0.1, 0.15) is 35.6 Å². The molecular formula is C31H29BrFN5O2. The SMILES string of the molecule is COc1ccccc1[C@@H](c1ccc(F)cc1)N1CCN(c2c(C#N)c(=O)n(CC3CC3)c3ccc(Br)nc23)CC1. The van der Waals surface area contributed by atoms with Crippen LogP contribution < -0.4 is 15.2 Å². The van der Waals surface area contributed by atoms with Gasteiger partial charge >= 0.3 is 0 Å². The third-order valence-electron chi connectivity index (χ3n) is 7.92. The molecule has 0 amide bonds. The third-order valence-corrected chi connectivity index (χ3v) is 8.36. The van der Waals surface area contributed by atoms with Crippen molar-refractivity contribution >= 4 is 32.7 Å². The highest BCUT2D eigenvalue weighted by Crippen LogP contribution is 2.37. The second-order valence-corrected chi connectivity index (χ2v) is 11.2. The molecule has 0 bridgehead atoms. The number of fused-ring (bicyclic) bond motifs is 1. The molecule has 7 nitrogen and oxygen atoms in total. The Bertz CT molecular complexity index is 1650. The minimum absolute atomic E-state index is 0.145. The maximum atomic E-state index is 13.8. The smallest absolute Gasteiger partial charge is 0.271 e. The summed E-state index contributed by atoms with van der Waals surface area (Å²) in [5.41, 5.74) is 3.89.